The summed E-state index contributed by atoms with van der Waals surface area (Å²) < 4.78 is 0. The normalized spacial score (nSPS) is 20.0. The number of aliphatic hydroxyl groups excluding tert-OH is 1. The molecule has 0 radical (unpaired) electrons. The van der Waals surface area contributed by atoms with E-state index >= 15 is 0 Å². The lowest BCUT2D eigenvalue weighted by molar-refractivity contribution is 0.199. The van der Waals surface area contributed by atoms with Crippen molar-refractivity contribution in [2.75, 3.05) is 0 Å². The minimum absolute atomic E-state index is 0.291. The lowest BCUT2D eigenvalue weighted by Crippen LogP contribution is -2.04. The van der Waals surface area contributed by atoms with Crippen LogP contribution in [0.3, 0.4) is 0 Å². The predicted molar refractivity (Wildman–Crippen MR) is 89.5 cm³/mol. The number of hydrogen-bond acceptors (Lipinski definition) is 1. The van der Waals surface area contributed by atoms with Crippen molar-refractivity contribution in [2.24, 2.45) is 0 Å². The molecule has 2 aromatic rings. The van der Waals surface area contributed by atoms with Crippen molar-refractivity contribution < 1.29 is 5.11 Å². The van der Waals surface area contributed by atoms with Gasteiger partial charge in [-0.15, -0.1) is 0 Å². The lowest BCUT2D eigenvalue weighted by atomic mass is 9.85. The van der Waals surface area contributed by atoms with Gasteiger partial charge in [0, 0.05) is 5.92 Å². The molecule has 0 spiro atoms. The fraction of sp³-hybridized carbons (Fsp3) is 0.300. The maximum Gasteiger partial charge on any atom is 0.0770 e. The number of aliphatic hydroxyl groups is 1. The summed E-state index contributed by atoms with van der Waals surface area (Å²) in [4.78, 5) is 0. The Labute approximate surface area is 126 Å². The highest BCUT2D eigenvalue weighted by atomic mass is 16.3. The summed E-state index contributed by atoms with van der Waals surface area (Å²) >= 11 is 0. The largest absolute Gasteiger partial charge is 0.389 e. The molecular weight excluding hydrogens is 256 g/mol. The summed E-state index contributed by atoms with van der Waals surface area (Å²) in [6.45, 7) is 8.42. The van der Waals surface area contributed by atoms with Gasteiger partial charge in [-0.3, -0.25) is 0 Å². The van der Waals surface area contributed by atoms with Crippen LogP contribution in [0.25, 0.3) is 10.8 Å². The van der Waals surface area contributed by atoms with Crippen molar-refractivity contribution in [3.63, 3.8) is 0 Å². The zero-order chi connectivity index (χ0) is 15.1. The van der Waals surface area contributed by atoms with Crippen LogP contribution in [0.1, 0.15) is 50.8 Å². The fourth-order valence-corrected chi connectivity index (χ4v) is 3.42. The van der Waals surface area contributed by atoms with E-state index in [0.717, 1.165) is 10.9 Å². The monoisotopic (exact) mass is 278 g/mol. The number of rotatable bonds is 2. The Morgan fingerprint density at radius 1 is 1.00 bits per heavy atom. The van der Waals surface area contributed by atoms with Gasteiger partial charge >= 0.3 is 0 Å². The Morgan fingerprint density at radius 3 is 2.33 bits per heavy atom. The van der Waals surface area contributed by atoms with Crippen molar-refractivity contribution in [3.05, 3.63) is 70.3 Å². The maximum absolute atomic E-state index is 10.3. The van der Waals surface area contributed by atoms with Crippen molar-refractivity contribution >= 4 is 10.8 Å². The van der Waals surface area contributed by atoms with Gasteiger partial charge in [-0.1, -0.05) is 53.6 Å². The minimum Gasteiger partial charge on any atom is -0.389 e. The molecule has 1 aliphatic carbocycles. The van der Waals surface area contributed by atoms with Crippen molar-refractivity contribution in [1.82, 2.24) is 0 Å². The molecule has 0 amide bonds. The summed E-state index contributed by atoms with van der Waals surface area (Å²) in [6, 6.07) is 12.7. The van der Waals surface area contributed by atoms with Gasteiger partial charge in [0.2, 0.25) is 0 Å². The molecule has 21 heavy (non-hydrogen) atoms. The SMILES string of the molecule is CC1=CC(c2ccc3ccccc3c2C(C)O)C(C)=C1C. The zero-order valence-corrected chi connectivity index (χ0v) is 13.1. The smallest absolute Gasteiger partial charge is 0.0770 e. The van der Waals surface area contributed by atoms with Crippen molar-refractivity contribution in [2.45, 2.75) is 39.7 Å². The highest BCUT2D eigenvalue weighted by molar-refractivity contribution is 5.87. The van der Waals surface area contributed by atoms with E-state index < -0.39 is 6.10 Å². The van der Waals surface area contributed by atoms with Crippen molar-refractivity contribution in [1.29, 1.82) is 0 Å². The predicted octanol–water partition coefficient (Wildman–Crippen LogP) is 5.27. The average Bonchev–Trinajstić information content (AvgIpc) is 2.73. The minimum atomic E-state index is -0.464. The molecule has 1 nitrogen and oxygen atoms in total. The molecule has 108 valence electrons. The molecule has 2 aromatic carbocycles. The first-order valence-electron chi connectivity index (χ1n) is 7.56. The molecule has 0 bridgehead atoms. The second kappa shape index (κ2) is 5.16. The summed E-state index contributed by atoms with van der Waals surface area (Å²) in [5, 5.41) is 12.7. The third kappa shape index (κ3) is 2.22. The molecule has 1 N–H and O–H groups in total. The molecule has 0 heterocycles. The Morgan fingerprint density at radius 2 is 1.71 bits per heavy atom. The van der Waals surface area contributed by atoms with Crippen LogP contribution < -0.4 is 0 Å². The first-order chi connectivity index (χ1) is 10.0. The zero-order valence-electron chi connectivity index (χ0n) is 13.1. The Kier molecular flexibility index (Phi) is 3.46. The van der Waals surface area contributed by atoms with Crippen LogP contribution in [0.5, 0.6) is 0 Å². The van der Waals surface area contributed by atoms with Crippen LogP contribution in [0, 0.1) is 0 Å². The third-order valence-corrected chi connectivity index (χ3v) is 4.82. The van der Waals surface area contributed by atoms with E-state index in [9.17, 15) is 5.11 Å². The van der Waals surface area contributed by atoms with E-state index in [1.807, 2.05) is 19.1 Å². The molecule has 0 aromatic heterocycles. The molecule has 0 saturated heterocycles. The van der Waals surface area contributed by atoms with Gasteiger partial charge < -0.3 is 5.11 Å². The van der Waals surface area contributed by atoms with Gasteiger partial charge in [-0.05, 0) is 55.2 Å². The number of benzene rings is 2. The van der Waals surface area contributed by atoms with Crippen molar-refractivity contribution in [3.8, 4) is 0 Å². The van der Waals surface area contributed by atoms with Gasteiger partial charge in [-0.25, -0.2) is 0 Å². The quantitative estimate of drug-likeness (QED) is 0.793. The van der Waals surface area contributed by atoms with Crippen LogP contribution in [0.15, 0.2) is 59.2 Å². The highest BCUT2D eigenvalue weighted by Crippen LogP contribution is 2.42. The molecule has 2 unspecified atom stereocenters. The molecule has 0 saturated carbocycles. The van der Waals surface area contributed by atoms with E-state index in [2.05, 4.69) is 51.1 Å². The van der Waals surface area contributed by atoms with E-state index in [4.69, 9.17) is 0 Å². The molecule has 2 atom stereocenters. The van der Waals surface area contributed by atoms with Crippen LogP contribution in [-0.4, -0.2) is 5.11 Å². The Hall–Kier alpha value is -1.86. The summed E-state index contributed by atoms with van der Waals surface area (Å²) in [6.07, 6.45) is 1.86. The molecule has 0 aliphatic heterocycles. The number of fused-ring (bicyclic) bond motifs is 1. The number of hydrogen-bond donors (Lipinski definition) is 1. The fourth-order valence-electron chi connectivity index (χ4n) is 3.42. The van der Waals surface area contributed by atoms with E-state index in [0.29, 0.717) is 5.92 Å². The van der Waals surface area contributed by atoms with Crippen LogP contribution in [0.2, 0.25) is 0 Å². The first kappa shape index (κ1) is 14.1. The average molecular weight is 278 g/mol. The van der Waals surface area contributed by atoms with E-state index in [1.54, 1.807) is 0 Å². The van der Waals surface area contributed by atoms with E-state index in [1.165, 1.54) is 27.7 Å². The molecular formula is C20H22O. The molecule has 1 aliphatic rings. The molecule has 0 fully saturated rings. The van der Waals surface area contributed by atoms with Crippen LogP contribution in [-0.2, 0) is 0 Å². The second-order valence-corrected chi connectivity index (χ2v) is 6.10. The highest BCUT2D eigenvalue weighted by Gasteiger charge is 2.24. The summed E-state index contributed by atoms with van der Waals surface area (Å²) in [5.74, 6) is 0.291. The van der Waals surface area contributed by atoms with Crippen LogP contribution >= 0.6 is 0 Å². The standard InChI is InChI=1S/C20H22O/c1-12-11-19(14(3)13(12)2)18-10-9-16-7-5-6-8-17(16)20(18)15(4)21/h5-11,15,19,21H,1-4H3. The summed E-state index contributed by atoms with van der Waals surface area (Å²) in [5.41, 5.74) is 6.42. The maximum atomic E-state index is 10.3. The van der Waals surface area contributed by atoms with Gasteiger partial charge in [0.25, 0.3) is 0 Å². The Bertz CT molecular complexity index is 763. The Balaban J connectivity index is 2.27. The van der Waals surface area contributed by atoms with Gasteiger partial charge in [0.15, 0.2) is 0 Å². The molecule has 3 rings (SSSR count). The van der Waals surface area contributed by atoms with Gasteiger partial charge in [0.1, 0.15) is 0 Å². The first-order valence-corrected chi connectivity index (χ1v) is 7.56. The van der Waals surface area contributed by atoms with Gasteiger partial charge in [0.05, 0.1) is 6.10 Å². The lowest BCUT2D eigenvalue weighted by Gasteiger charge is -2.20. The summed E-state index contributed by atoms with van der Waals surface area (Å²) in [7, 11) is 0. The number of allylic oxidation sites excluding steroid dienone is 4. The van der Waals surface area contributed by atoms with E-state index in [-0.39, 0.29) is 0 Å². The second-order valence-electron chi connectivity index (χ2n) is 6.10. The van der Waals surface area contributed by atoms with Gasteiger partial charge in [-0.2, -0.15) is 0 Å². The van der Waals surface area contributed by atoms with Crippen LogP contribution in [0.4, 0.5) is 0 Å². The topological polar surface area (TPSA) is 20.2 Å². The third-order valence-electron chi connectivity index (χ3n) is 4.82. The molecule has 1 heteroatoms.